The fraction of sp³-hybridized carbons (Fsp3) is 0.917. The summed E-state index contributed by atoms with van der Waals surface area (Å²) in [5.41, 5.74) is 0. The lowest BCUT2D eigenvalue weighted by molar-refractivity contribution is -0.132. The third-order valence-electron chi connectivity index (χ3n) is 2.60. The largest absolute Gasteiger partial charge is 0.343 e. The fourth-order valence-electron chi connectivity index (χ4n) is 1.63. The van der Waals surface area contributed by atoms with Crippen molar-refractivity contribution in [3.63, 3.8) is 0 Å². The van der Waals surface area contributed by atoms with Gasteiger partial charge in [0.15, 0.2) is 0 Å². The molecule has 0 aromatic carbocycles. The number of carbonyl (C=O) groups excluding carboxylic acids is 1. The van der Waals surface area contributed by atoms with Gasteiger partial charge in [0.1, 0.15) is 0 Å². The van der Waals surface area contributed by atoms with E-state index < -0.39 is 0 Å². The summed E-state index contributed by atoms with van der Waals surface area (Å²) in [5, 5.41) is 0. The second kappa shape index (κ2) is 7.84. The molecule has 0 spiro atoms. The average molecular weight is 199 g/mol. The maximum absolute atomic E-state index is 11.4. The molecule has 0 aromatic rings. The van der Waals surface area contributed by atoms with Crippen molar-refractivity contribution in [3.05, 3.63) is 0 Å². The van der Waals surface area contributed by atoms with Gasteiger partial charge in [0.25, 0.3) is 0 Å². The van der Waals surface area contributed by atoms with Crippen LogP contribution in [0.25, 0.3) is 0 Å². The highest BCUT2D eigenvalue weighted by molar-refractivity contribution is 5.76. The summed E-state index contributed by atoms with van der Waals surface area (Å²) in [6, 6.07) is 0. The molecular formula is C12H25NO. The molecule has 14 heavy (non-hydrogen) atoms. The van der Waals surface area contributed by atoms with E-state index in [0.717, 1.165) is 31.8 Å². The summed E-state index contributed by atoms with van der Waals surface area (Å²) >= 11 is 0. The van der Waals surface area contributed by atoms with E-state index in [0.29, 0.717) is 5.91 Å². The first kappa shape index (κ1) is 13.5. The molecule has 1 heterocycles. The molecule has 1 saturated heterocycles. The fourth-order valence-corrected chi connectivity index (χ4v) is 1.63. The molecule has 0 N–H and O–H groups in total. The molecule has 1 aliphatic rings. The number of likely N-dealkylation sites (tertiary alicyclic amines) is 1. The molecule has 0 bridgehead atoms. The summed E-state index contributed by atoms with van der Waals surface area (Å²) in [6.07, 6.45) is 4.09. The van der Waals surface area contributed by atoms with E-state index in [1.54, 1.807) is 0 Å². The van der Waals surface area contributed by atoms with Gasteiger partial charge >= 0.3 is 0 Å². The van der Waals surface area contributed by atoms with E-state index in [4.69, 9.17) is 0 Å². The Bertz CT molecular complexity index is 148. The number of piperidine rings is 1. The highest BCUT2D eigenvalue weighted by Crippen LogP contribution is 2.16. The molecule has 0 atom stereocenters. The number of hydrogen-bond donors (Lipinski definition) is 0. The van der Waals surface area contributed by atoms with Crippen LogP contribution in [0.1, 0.15) is 53.4 Å². The Kier molecular flexibility index (Phi) is 7.54. The molecule has 0 radical (unpaired) electrons. The Morgan fingerprint density at radius 2 is 1.79 bits per heavy atom. The number of nitrogens with zero attached hydrogens (tertiary/aromatic N) is 1. The zero-order valence-corrected chi connectivity index (χ0v) is 10.2. The van der Waals surface area contributed by atoms with E-state index in [9.17, 15) is 4.79 Å². The van der Waals surface area contributed by atoms with Gasteiger partial charge in [-0.2, -0.15) is 0 Å². The summed E-state index contributed by atoms with van der Waals surface area (Å²) in [5.74, 6) is 1.17. The highest BCUT2D eigenvalue weighted by atomic mass is 16.2. The topological polar surface area (TPSA) is 20.3 Å². The molecular weight excluding hydrogens is 174 g/mol. The van der Waals surface area contributed by atoms with E-state index in [2.05, 4.69) is 13.8 Å². The summed E-state index contributed by atoms with van der Waals surface area (Å²) in [7, 11) is 0. The Morgan fingerprint density at radius 3 is 2.21 bits per heavy atom. The van der Waals surface area contributed by atoms with Gasteiger partial charge in [-0.05, 0) is 25.2 Å². The molecule has 2 nitrogen and oxygen atoms in total. The SMILES string of the molecule is CC.CCCC(=O)N1CCC(C)CC1. The van der Waals surface area contributed by atoms with Gasteiger partial charge in [-0.25, -0.2) is 0 Å². The van der Waals surface area contributed by atoms with E-state index in [-0.39, 0.29) is 0 Å². The van der Waals surface area contributed by atoms with Crippen molar-refractivity contribution in [3.8, 4) is 0 Å². The third-order valence-corrected chi connectivity index (χ3v) is 2.60. The van der Waals surface area contributed by atoms with Crippen LogP contribution in [0, 0.1) is 5.92 Å². The second-order valence-corrected chi connectivity index (χ2v) is 3.81. The normalized spacial score (nSPS) is 17.3. The van der Waals surface area contributed by atoms with Crippen LogP contribution < -0.4 is 0 Å². The predicted octanol–water partition coefficient (Wildman–Crippen LogP) is 3.07. The first-order valence-corrected chi connectivity index (χ1v) is 6.01. The summed E-state index contributed by atoms with van der Waals surface area (Å²) in [6.45, 7) is 10.3. The molecule has 84 valence electrons. The Morgan fingerprint density at radius 1 is 1.29 bits per heavy atom. The van der Waals surface area contributed by atoms with E-state index in [1.807, 2.05) is 18.7 Å². The van der Waals surface area contributed by atoms with Gasteiger partial charge in [0.05, 0.1) is 0 Å². The molecule has 2 heteroatoms. The van der Waals surface area contributed by atoms with Crippen molar-refractivity contribution < 1.29 is 4.79 Å². The zero-order chi connectivity index (χ0) is 11.0. The average Bonchev–Trinajstić information content (AvgIpc) is 2.22. The number of amides is 1. The first-order chi connectivity index (χ1) is 6.74. The molecule has 1 aliphatic heterocycles. The van der Waals surface area contributed by atoms with Crippen molar-refractivity contribution in [1.82, 2.24) is 4.90 Å². The number of hydrogen-bond acceptors (Lipinski definition) is 1. The van der Waals surface area contributed by atoms with Crippen molar-refractivity contribution in [2.24, 2.45) is 5.92 Å². The molecule has 1 fully saturated rings. The monoisotopic (exact) mass is 199 g/mol. The summed E-state index contributed by atoms with van der Waals surface area (Å²) in [4.78, 5) is 13.4. The highest BCUT2D eigenvalue weighted by Gasteiger charge is 2.18. The smallest absolute Gasteiger partial charge is 0.222 e. The Hall–Kier alpha value is -0.530. The Labute approximate surface area is 88.7 Å². The van der Waals surface area contributed by atoms with Gasteiger partial charge in [0.2, 0.25) is 5.91 Å². The Balaban J connectivity index is 0.000000791. The van der Waals surface area contributed by atoms with Gasteiger partial charge in [-0.1, -0.05) is 27.7 Å². The number of rotatable bonds is 2. The lowest BCUT2D eigenvalue weighted by Gasteiger charge is -2.30. The first-order valence-electron chi connectivity index (χ1n) is 6.01. The minimum absolute atomic E-state index is 0.351. The van der Waals surface area contributed by atoms with Crippen LogP contribution in [0.3, 0.4) is 0 Å². The van der Waals surface area contributed by atoms with Crippen molar-refractivity contribution in [1.29, 1.82) is 0 Å². The maximum atomic E-state index is 11.4. The predicted molar refractivity (Wildman–Crippen MR) is 61.2 cm³/mol. The number of carbonyl (C=O) groups is 1. The minimum Gasteiger partial charge on any atom is -0.343 e. The van der Waals surface area contributed by atoms with Crippen molar-refractivity contribution in [2.45, 2.75) is 53.4 Å². The van der Waals surface area contributed by atoms with Crippen LogP contribution in [0.4, 0.5) is 0 Å². The summed E-state index contributed by atoms with van der Waals surface area (Å²) < 4.78 is 0. The zero-order valence-electron chi connectivity index (χ0n) is 10.2. The van der Waals surface area contributed by atoms with E-state index >= 15 is 0 Å². The maximum Gasteiger partial charge on any atom is 0.222 e. The standard InChI is InChI=1S/C10H19NO.C2H6/c1-3-4-10(12)11-7-5-9(2)6-8-11;1-2/h9H,3-8H2,1-2H3;1-2H3. The van der Waals surface area contributed by atoms with Crippen molar-refractivity contribution in [2.75, 3.05) is 13.1 Å². The molecule has 1 rings (SSSR count). The lowest BCUT2D eigenvalue weighted by atomic mass is 9.99. The van der Waals surface area contributed by atoms with Gasteiger partial charge in [-0.3, -0.25) is 4.79 Å². The van der Waals surface area contributed by atoms with Crippen LogP contribution in [0.2, 0.25) is 0 Å². The molecule has 0 unspecified atom stereocenters. The van der Waals surface area contributed by atoms with Crippen LogP contribution >= 0.6 is 0 Å². The third kappa shape index (κ3) is 4.64. The molecule has 0 aliphatic carbocycles. The van der Waals surface area contributed by atoms with Crippen LogP contribution in [-0.4, -0.2) is 23.9 Å². The van der Waals surface area contributed by atoms with Crippen LogP contribution in [0.15, 0.2) is 0 Å². The lowest BCUT2D eigenvalue weighted by Crippen LogP contribution is -2.37. The molecule has 1 amide bonds. The second-order valence-electron chi connectivity index (χ2n) is 3.81. The molecule has 0 saturated carbocycles. The van der Waals surface area contributed by atoms with Gasteiger partial charge in [0, 0.05) is 19.5 Å². The quantitative estimate of drug-likeness (QED) is 0.669. The molecule has 0 aromatic heterocycles. The van der Waals surface area contributed by atoms with E-state index in [1.165, 1.54) is 12.8 Å². The van der Waals surface area contributed by atoms with Crippen LogP contribution in [0.5, 0.6) is 0 Å². The van der Waals surface area contributed by atoms with Crippen LogP contribution in [-0.2, 0) is 4.79 Å². The van der Waals surface area contributed by atoms with Crippen molar-refractivity contribution >= 4 is 5.91 Å². The minimum atomic E-state index is 0.351. The van der Waals surface area contributed by atoms with Gasteiger partial charge in [-0.15, -0.1) is 0 Å². The van der Waals surface area contributed by atoms with Gasteiger partial charge < -0.3 is 4.90 Å².